The van der Waals surface area contributed by atoms with Gasteiger partial charge in [-0.15, -0.1) is 0 Å². The van der Waals surface area contributed by atoms with E-state index in [0.717, 1.165) is 30.6 Å². The van der Waals surface area contributed by atoms with Crippen LogP contribution in [0.1, 0.15) is 82.3 Å². The molecule has 0 spiro atoms. The lowest BCUT2D eigenvalue weighted by molar-refractivity contribution is 0.277. The van der Waals surface area contributed by atoms with Crippen LogP contribution < -0.4 is 9.05 Å². The van der Waals surface area contributed by atoms with Crippen molar-refractivity contribution in [2.45, 2.75) is 71.1 Å². The van der Waals surface area contributed by atoms with Gasteiger partial charge in [-0.25, -0.2) is 9.13 Å². The molecule has 0 aromatic heterocycles. The van der Waals surface area contributed by atoms with Gasteiger partial charge in [0, 0.05) is 6.66 Å². The molecular weight excluding hydrogens is 482 g/mol. The van der Waals surface area contributed by atoms with Crippen molar-refractivity contribution in [1.82, 2.24) is 0 Å². The molecule has 0 amide bonds. The first-order valence-corrected chi connectivity index (χ1v) is 15.8. The molecule has 2 aromatic carbocycles. The smallest absolute Gasteiger partial charge is 0.373 e. The maximum Gasteiger partial charge on any atom is 0.373 e. The van der Waals surface area contributed by atoms with E-state index in [1.54, 1.807) is 36.4 Å². The van der Waals surface area contributed by atoms with E-state index in [1.807, 2.05) is 24.3 Å². The van der Waals surface area contributed by atoms with Crippen molar-refractivity contribution in [2.24, 2.45) is 0 Å². The summed E-state index contributed by atoms with van der Waals surface area (Å²) in [6.45, 7) is 3.86. The number of unbranched alkanes of at least 4 members (excludes halogenated alkanes) is 9. The molecular formula is C27H40O6P2. The molecule has 0 aliphatic heterocycles. The molecule has 2 atom stereocenters. The molecule has 0 aliphatic carbocycles. The molecule has 35 heavy (non-hydrogen) atoms. The second-order valence-corrected chi connectivity index (χ2v) is 11.5. The Bertz CT molecular complexity index is 935. The van der Waals surface area contributed by atoms with E-state index in [-0.39, 0.29) is 0 Å². The molecule has 0 aliphatic rings. The van der Waals surface area contributed by atoms with E-state index in [4.69, 9.17) is 13.6 Å². The maximum absolute atomic E-state index is 12.1. The minimum Gasteiger partial charge on any atom is -0.426 e. The van der Waals surface area contributed by atoms with Gasteiger partial charge in [0.2, 0.25) is 0 Å². The fourth-order valence-corrected chi connectivity index (χ4v) is 4.76. The zero-order valence-electron chi connectivity index (χ0n) is 21.0. The van der Waals surface area contributed by atoms with Gasteiger partial charge in [0.25, 0.3) is 0 Å². The van der Waals surface area contributed by atoms with E-state index >= 15 is 0 Å². The summed E-state index contributed by atoms with van der Waals surface area (Å²) in [4.78, 5) is 9.27. The Labute approximate surface area is 211 Å². The van der Waals surface area contributed by atoms with Crippen molar-refractivity contribution in [3.8, 4) is 11.5 Å². The molecule has 2 unspecified atom stereocenters. The minimum absolute atomic E-state index is 0.350. The highest BCUT2D eigenvalue weighted by Crippen LogP contribution is 2.38. The number of rotatable bonds is 18. The van der Waals surface area contributed by atoms with Crippen LogP contribution in [0.2, 0.25) is 0 Å². The first kappa shape index (κ1) is 29.4. The first-order valence-electron chi connectivity index (χ1n) is 12.6. The third-order valence-electron chi connectivity index (χ3n) is 5.42. The van der Waals surface area contributed by atoms with Crippen molar-refractivity contribution in [2.75, 3.05) is 13.3 Å². The average molecular weight is 523 g/mol. The van der Waals surface area contributed by atoms with Crippen molar-refractivity contribution in [3.63, 3.8) is 0 Å². The third kappa shape index (κ3) is 14.3. The zero-order valence-corrected chi connectivity index (χ0v) is 22.9. The predicted octanol–water partition coefficient (Wildman–Crippen LogP) is 8.76. The molecule has 0 heterocycles. The minimum atomic E-state index is -3.56. The number of hydrogen-bond donors (Lipinski definition) is 1. The fraction of sp³-hybridized carbons (Fsp3) is 0.481. The second-order valence-electron chi connectivity index (χ2n) is 8.75. The van der Waals surface area contributed by atoms with Crippen LogP contribution >= 0.6 is 15.9 Å². The monoisotopic (exact) mass is 522 g/mol. The third-order valence-corrected chi connectivity index (χ3v) is 6.81. The predicted molar refractivity (Wildman–Crippen MR) is 146 cm³/mol. The van der Waals surface area contributed by atoms with E-state index < -0.39 is 15.9 Å². The van der Waals surface area contributed by atoms with E-state index in [1.165, 1.54) is 51.4 Å². The molecule has 1 N–H and O–H groups in total. The molecule has 194 valence electrons. The lowest BCUT2D eigenvalue weighted by Gasteiger charge is -2.08. The van der Waals surface area contributed by atoms with Crippen LogP contribution in [0.5, 0.6) is 11.5 Å². The van der Waals surface area contributed by atoms with Gasteiger partial charge >= 0.3 is 15.9 Å². The Morgan fingerprint density at radius 3 is 1.71 bits per heavy atom. The summed E-state index contributed by atoms with van der Waals surface area (Å²) in [6.07, 6.45) is 16.3. The van der Waals surface area contributed by atoms with Gasteiger partial charge in [0.15, 0.2) is 0 Å². The highest BCUT2D eigenvalue weighted by molar-refractivity contribution is 7.52. The van der Waals surface area contributed by atoms with Crippen LogP contribution in [0, 0.1) is 0 Å². The Morgan fingerprint density at radius 1 is 0.771 bits per heavy atom. The van der Waals surface area contributed by atoms with Gasteiger partial charge in [0.1, 0.15) is 11.5 Å². The van der Waals surface area contributed by atoms with E-state index in [2.05, 4.69) is 6.92 Å². The van der Waals surface area contributed by atoms with Crippen molar-refractivity contribution >= 4 is 28.0 Å². The Kier molecular flexibility index (Phi) is 14.1. The van der Waals surface area contributed by atoms with Crippen LogP contribution in [0.3, 0.4) is 0 Å². The molecule has 0 bridgehead atoms. The van der Waals surface area contributed by atoms with Gasteiger partial charge in [0.05, 0.1) is 6.61 Å². The highest BCUT2D eigenvalue weighted by Gasteiger charge is 2.11. The summed E-state index contributed by atoms with van der Waals surface area (Å²) in [7, 11) is -6.11. The van der Waals surface area contributed by atoms with Gasteiger partial charge in [-0.3, -0.25) is 0 Å². The fourth-order valence-electron chi connectivity index (χ4n) is 3.55. The summed E-state index contributed by atoms with van der Waals surface area (Å²) in [5.41, 5.74) is 1.88. The Balaban J connectivity index is 1.61. The Morgan fingerprint density at radius 2 is 1.23 bits per heavy atom. The average Bonchev–Trinajstić information content (AvgIpc) is 2.82. The molecule has 2 rings (SSSR count). The van der Waals surface area contributed by atoms with Crippen molar-refractivity contribution < 1.29 is 27.6 Å². The summed E-state index contributed by atoms with van der Waals surface area (Å²) in [6, 6.07) is 14.2. The topological polar surface area (TPSA) is 82.1 Å². The summed E-state index contributed by atoms with van der Waals surface area (Å²) in [5.74, 6) is 0.867. The largest absolute Gasteiger partial charge is 0.426 e. The maximum atomic E-state index is 12.1. The van der Waals surface area contributed by atoms with Gasteiger partial charge in [-0.2, -0.15) is 0 Å². The summed E-state index contributed by atoms with van der Waals surface area (Å²) in [5, 5.41) is 0. The standard InChI is InChI=1S/C27H40O6P2/c1-3-4-5-6-7-8-9-10-11-12-23-31-34(28)32-26-19-15-24(16-20-26)13-14-25-17-21-27(22-18-25)33-35(2,29)30/h13-22,34H,3-12,23H2,1-2H3,(H,29,30)/b14-13+. The van der Waals surface area contributed by atoms with Crippen LogP contribution in [0.15, 0.2) is 48.5 Å². The molecule has 2 aromatic rings. The number of benzene rings is 2. The lowest BCUT2D eigenvalue weighted by Crippen LogP contribution is -1.91. The molecule has 0 fully saturated rings. The molecule has 8 heteroatoms. The first-order chi connectivity index (χ1) is 16.9. The van der Waals surface area contributed by atoms with Gasteiger partial charge < -0.3 is 18.5 Å². The SMILES string of the molecule is CCCCCCCCCCCCO[PH](=O)Oc1ccc(/C=C/c2ccc(OP(C)(=O)O)cc2)cc1. The molecule has 0 radical (unpaired) electrons. The van der Waals surface area contributed by atoms with E-state index in [0.29, 0.717) is 18.1 Å². The van der Waals surface area contributed by atoms with Gasteiger partial charge in [-0.1, -0.05) is 101 Å². The normalized spacial score (nSPS) is 14.0. The summed E-state index contributed by atoms with van der Waals surface area (Å²) < 4.78 is 39.1. The van der Waals surface area contributed by atoms with Crippen LogP contribution in [-0.2, 0) is 13.7 Å². The van der Waals surface area contributed by atoms with Crippen LogP contribution in [0.4, 0.5) is 0 Å². The van der Waals surface area contributed by atoms with Gasteiger partial charge in [-0.05, 0) is 41.8 Å². The lowest BCUT2D eigenvalue weighted by atomic mass is 10.1. The number of hydrogen-bond acceptors (Lipinski definition) is 5. The van der Waals surface area contributed by atoms with Crippen molar-refractivity contribution in [3.05, 3.63) is 59.7 Å². The second kappa shape index (κ2) is 16.8. The van der Waals surface area contributed by atoms with Crippen LogP contribution in [0.25, 0.3) is 12.2 Å². The van der Waals surface area contributed by atoms with Crippen molar-refractivity contribution in [1.29, 1.82) is 0 Å². The molecule has 0 saturated heterocycles. The van der Waals surface area contributed by atoms with E-state index in [9.17, 15) is 14.0 Å². The highest BCUT2D eigenvalue weighted by atomic mass is 31.2. The zero-order chi connectivity index (χ0) is 25.4. The quantitative estimate of drug-likeness (QED) is 0.120. The summed E-state index contributed by atoms with van der Waals surface area (Å²) >= 11 is 0. The Hall–Kier alpha value is -1.84. The molecule has 6 nitrogen and oxygen atoms in total. The van der Waals surface area contributed by atoms with Crippen LogP contribution in [-0.4, -0.2) is 18.2 Å². The molecule has 0 saturated carbocycles.